The van der Waals surface area contributed by atoms with E-state index >= 15 is 0 Å². The van der Waals surface area contributed by atoms with Gasteiger partial charge in [0.15, 0.2) is 5.76 Å². The number of rotatable bonds is 8. The Labute approximate surface area is 189 Å². The Bertz CT molecular complexity index is 1060. The second-order valence-corrected chi connectivity index (χ2v) is 8.21. The summed E-state index contributed by atoms with van der Waals surface area (Å²) in [4.78, 5) is 12.4. The fourth-order valence-corrected chi connectivity index (χ4v) is 3.14. The van der Waals surface area contributed by atoms with Gasteiger partial charge < -0.3 is 14.5 Å². The van der Waals surface area contributed by atoms with Crippen LogP contribution in [0.2, 0.25) is 5.02 Å². The van der Waals surface area contributed by atoms with E-state index in [1.54, 1.807) is 30.3 Å². The van der Waals surface area contributed by atoms with Gasteiger partial charge in [0.1, 0.15) is 11.5 Å². The van der Waals surface area contributed by atoms with E-state index in [1.165, 1.54) is 12.1 Å². The molecule has 170 valence electrons. The molecule has 0 aliphatic rings. The van der Waals surface area contributed by atoms with Crippen LogP contribution in [0, 0.1) is 5.92 Å². The van der Waals surface area contributed by atoms with Crippen molar-refractivity contribution in [1.82, 2.24) is 5.32 Å². The van der Waals surface area contributed by atoms with E-state index in [0.717, 1.165) is 17.7 Å². The van der Waals surface area contributed by atoms with Crippen LogP contribution in [0.25, 0.3) is 0 Å². The van der Waals surface area contributed by atoms with Crippen LogP contribution < -0.4 is 10.1 Å². The largest absolute Gasteiger partial charge is 0.493 e. The number of carbonyl (C=O) groups is 1. The lowest BCUT2D eigenvalue weighted by atomic mass is 10.1. The van der Waals surface area contributed by atoms with E-state index in [-0.39, 0.29) is 12.3 Å². The SMILES string of the molecule is CC(C)COc1ccc(Cl)cc1Cc1ccc(C(=O)NCc2ccc(C(F)(F)F)cc2)o1. The topological polar surface area (TPSA) is 51.5 Å². The highest BCUT2D eigenvalue weighted by molar-refractivity contribution is 6.30. The Morgan fingerprint density at radius 1 is 1.09 bits per heavy atom. The molecule has 0 spiro atoms. The molecule has 2 aromatic carbocycles. The van der Waals surface area contributed by atoms with Crippen LogP contribution in [-0.4, -0.2) is 12.5 Å². The van der Waals surface area contributed by atoms with Crippen LogP contribution in [0.1, 0.15) is 46.9 Å². The quantitative estimate of drug-likeness (QED) is 0.412. The van der Waals surface area contributed by atoms with Gasteiger partial charge in [0.05, 0.1) is 12.2 Å². The lowest BCUT2D eigenvalue weighted by Gasteiger charge is -2.13. The molecule has 4 nitrogen and oxygen atoms in total. The number of hydrogen-bond donors (Lipinski definition) is 1. The third kappa shape index (κ3) is 6.53. The predicted octanol–water partition coefficient (Wildman–Crippen LogP) is 6.51. The number of furan rings is 1. The summed E-state index contributed by atoms with van der Waals surface area (Å²) >= 11 is 6.12. The highest BCUT2D eigenvalue weighted by atomic mass is 35.5. The third-order valence-electron chi connectivity index (χ3n) is 4.58. The number of alkyl halides is 3. The molecule has 1 aromatic heterocycles. The van der Waals surface area contributed by atoms with E-state index in [4.69, 9.17) is 20.8 Å². The Kier molecular flexibility index (Phi) is 7.51. The fourth-order valence-electron chi connectivity index (χ4n) is 2.95. The van der Waals surface area contributed by atoms with Gasteiger partial charge >= 0.3 is 6.18 Å². The number of hydrogen-bond acceptors (Lipinski definition) is 3. The van der Waals surface area contributed by atoms with Crippen molar-refractivity contribution in [2.45, 2.75) is 33.0 Å². The minimum absolute atomic E-state index is 0.0779. The van der Waals surface area contributed by atoms with Gasteiger partial charge in [0, 0.05) is 23.6 Å². The van der Waals surface area contributed by atoms with Crippen LogP contribution in [-0.2, 0) is 19.1 Å². The first-order valence-corrected chi connectivity index (χ1v) is 10.4. The molecule has 0 atom stereocenters. The normalized spacial score (nSPS) is 11.6. The second kappa shape index (κ2) is 10.1. The van der Waals surface area contributed by atoms with Crippen molar-refractivity contribution < 1.29 is 27.1 Å². The van der Waals surface area contributed by atoms with Gasteiger partial charge in [-0.25, -0.2) is 0 Å². The highest BCUT2D eigenvalue weighted by Crippen LogP contribution is 2.29. The minimum Gasteiger partial charge on any atom is -0.493 e. The molecule has 8 heteroatoms. The molecular weight excluding hydrogens is 443 g/mol. The van der Waals surface area contributed by atoms with Crippen molar-refractivity contribution >= 4 is 17.5 Å². The fraction of sp³-hybridized carbons (Fsp3) is 0.292. The lowest BCUT2D eigenvalue weighted by Crippen LogP contribution is -2.22. The summed E-state index contributed by atoms with van der Waals surface area (Å²) in [7, 11) is 0. The molecular formula is C24H23ClF3NO3. The van der Waals surface area contributed by atoms with Gasteiger partial charge in [0.25, 0.3) is 5.91 Å². The summed E-state index contributed by atoms with van der Waals surface area (Å²) in [5.41, 5.74) is 0.647. The molecule has 0 saturated heterocycles. The van der Waals surface area contributed by atoms with Gasteiger partial charge in [-0.15, -0.1) is 0 Å². The Morgan fingerprint density at radius 3 is 2.47 bits per heavy atom. The van der Waals surface area contributed by atoms with Gasteiger partial charge in [0.2, 0.25) is 0 Å². The van der Waals surface area contributed by atoms with E-state index < -0.39 is 17.6 Å². The second-order valence-electron chi connectivity index (χ2n) is 7.78. The van der Waals surface area contributed by atoms with Crippen LogP contribution in [0.5, 0.6) is 5.75 Å². The standard InChI is InChI=1S/C24H23ClF3NO3/c1-15(2)14-31-21-9-7-19(25)11-17(21)12-20-8-10-22(32-20)23(30)29-13-16-3-5-18(6-4-16)24(26,27)28/h3-11,15H,12-14H2,1-2H3,(H,29,30). The van der Waals surface area contributed by atoms with Crippen molar-refractivity contribution in [2.75, 3.05) is 6.61 Å². The number of amides is 1. The summed E-state index contributed by atoms with van der Waals surface area (Å²) in [6, 6.07) is 13.2. The molecule has 1 amide bonds. The number of nitrogens with one attached hydrogen (secondary N) is 1. The number of halogens is 4. The first-order chi connectivity index (χ1) is 15.1. The van der Waals surface area contributed by atoms with E-state index in [2.05, 4.69) is 19.2 Å². The summed E-state index contributed by atoms with van der Waals surface area (Å²) in [5, 5.41) is 3.21. The zero-order valence-corrected chi connectivity index (χ0v) is 18.4. The average molecular weight is 466 g/mol. The molecule has 0 unspecified atom stereocenters. The van der Waals surface area contributed by atoms with Crippen LogP contribution in [0.15, 0.2) is 59.0 Å². The molecule has 0 aliphatic carbocycles. The first kappa shape index (κ1) is 23.7. The van der Waals surface area contributed by atoms with Gasteiger partial charge in [-0.3, -0.25) is 4.79 Å². The third-order valence-corrected chi connectivity index (χ3v) is 4.81. The maximum Gasteiger partial charge on any atom is 0.416 e. The molecule has 0 fully saturated rings. The van der Waals surface area contributed by atoms with Gasteiger partial charge in [-0.2, -0.15) is 13.2 Å². The number of ether oxygens (including phenoxy) is 1. The smallest absolute Gasteiger partial charge is 0.416 e. The van der Waals surface area contributed by atoms with E-state index in [0.29, 0.717) is 41.0 Å². The predicted molar refractivity (Wildman–Crippen MR) is 116 cm³/mol. The summed E-state index contributed by atoms with van der Waals surface area (Å²) in [6.45, 7) is 4.74. The highest BCUT2D eigenvalue weighted by Gasteiger charge is 2.29. The Hall–Kier alpha value is -2.93. The minimum atomic E-state index is -4.39. The monoisotopic (exact) mass is 465 g/mol. The van der Waals surface area contributed by atoms with Crippen molar-refractivity contribution in [2.24, 2.45) is 5.92 Å². The van der Waals surface area contributed by atoms with Gasteiger partial charge in [-0.05, 0) is 53.9 Å². The lowest BCUT2D eigenvalue weighted by molar-refractivity contribution is -0.137. The first-order valence-electron chi connectivity index (χ1n) is 10.1. The van der Waals surface area contributed by atoms with Crippen molar-refractivity contribution in [1.29, 1.82) is 0 Å². The van der Waals surface area contributed by atoms with Crippen molar-refractivity contribution in [3.8, 4) is 5.75 Å². The van der Waals surface area contributed by atoms with Crippen LogP contribution >= 0.6 is 11.6 Å². The van der Waals surface area contributed by atoms with E-state index in [1.807, 2.05) is 0 Å². The summed E-state index contributed by atoms with van der Waals surface area (Å²) in [5.74, 6) is 1.27. The Morgan fingerprint density at radius 2 is 1.81 bits per heavy atom. The average Bonchev–Trinajstić information content (AvgIpc) is 3.19. The summed E-state index contributed by atoms with van der Waals surface area (Å²) < 4.78 is 49.4. The zero-order valence-electron chi connectivity index (χ0n) is 17.6. The van der Waals surface area contributed by atoms with Crippen molar-refractivity contribution in [3.05, 3.63) is 87.8 Å². The molecule has 1 heterocycles. The molecule has 0 radical (unpaired) electrons. The van der Waals surface area contributed by atoms with E-state index in [9.17, 15) is 18.0 Å². The number of benzene rings is 2. The van der Waals surface area contributed by atoms with Crippen LogP contribution in [0.3, 0.4) is 0 Å². The van der Waals surface area contributed by atoms with Gasteiger partial charge in [-0.1, -0.05) is 37.6 Å². The molecule has 0 saturated carbocycles. The molecule has 32 heavy (non-hydrogen) atoms. The number of carbonyl (C=O) groups excluding carboxylic acids is 1. The molecule has 3 rings (SSSR count). The Balaban J connectivity index is 1.62. The zero-order chi connectivity index (χ0) is 23.3. The summed E-state index contributed by atoms with van der Waals surface area (Å²) in [6.07, 6.45) is -4.00. The van der Waals surface area contributed by atoms with Crippen LogP contribution in [0.4, 0.5) is 13.2 Å². The molecule has 0 bridgehead atoms. The molecule has 0 aliphatic heterocycles. The maximum absolute atomic E-state index is 12.6. The van der Waals surface area contributed by atoms with Crippen molar-refractivity contribution in [3.63, 3.8) is 0 Å². The maximum atomic E-state index is 12.6. The molecule has 1 N–H and O–H groups in total. The molecule has 3 aromatic rings.